The summed E-state index contributed by atoms with van der Waals surface area (Å²) in [6.45, 7) is 10.4. The molecule has 1 aromatic heterocycles. The molecule has 2 aromatic carbocycles. The van der Waals surface area contributed by atoms with Crippen LogP contribution in [0.1, 0.15) is 32.0 Å². The summed E-state index contributed by atoms with van der Waals surface area (Å²) in [7, 11) is 1.65. The van der Waals surface area contributed by atoms with Crippen molar-refractivity contribution in [2.24, 2.45) is 0 Å². The molecule has 0 fully saturated rings. The van der Waals surface area contributed by atoms with Crippen molar-refractivity contribution in [3.05, 3.63) is 59.8 Å². The largest absolute Gasteiger partial charge is 0.497 e. The van der Waals surface area contributed by atoms with Gasteiger partial charge in [0.1, 0.15) is 11.6 Å². The van der Waals surface area contributed by atoms with Crippen molar-refractivity contribution in [3.63, 3.8) is 0 Å². The Labute approximate surface area is 183 Å². The molecule has 3 rings (SSSR count). The number of hydrogen-bond acceptors (Lipinski definition) is 7. The van der Waals surface area contributed by atoms with E-state index in [9.17, 15) is 0 Å². The third kappa shape index (κ3) is 6.11. The first-order valence-electron chi connectivity index (χ1n) is 9.81. The first-order chi connectivity index (χ1) is 14.2. The highest BCUT2D eigenvalue weighted by Crippen LogP contribution is 2.27. The number of benzene rings is 2. The zero-order chi connectivity index (χ0) is 21.7. The number of ether oxygens (including phenoxy) is 1. The van der Waals surface area contributed by atoms with Crippen molar-refractivity contribution in [1.82, 2.24) is 14.7 Å². The van der Waals surface area contributed by atoms with E-state index in [4.69, 9.17) is 9.72 Å². The number of rotatable bonds is 7. The number of methoxy groups -OCH3 is 1. The maximum Gasteiger partial charge on any atom is 0.229 e. The molecule has 0 saturated heterocycles. The fourth-order valence-electron chi connectivity index (χ4n) is 2.60. The summed E-state index contributed by atoms with van der Waals surface area (Å²) in [6, 6.07) is 15.9. The molecule has 1 heterocycles. The molecular formula is C23H29N5OS. The van der Waals surface area contributed by atoms with Gasteiger partial charge < -0.3 is 15.4 Å². The van der Waals surface area contributed by atoms with Gasteiger partial charge in [-0.3, -0.25) is 4.72 Å². The standard InChI is InChI=1S/C23H29N5OS/c1-15-16(2)24-22(26-17-10-12-19(29-6)13-11-17)27-21(15)25-18-8-7-9-20(14-18)30-28-23(3,4)5/h7-14,28H,1-6H3,(H2,24,25,26,27). The number of aromatic nitrogens is 2. The van der Waals surface area contributed by atoms with Gasteiger partial charge in [-0.25, -0.2) is 4.98 Å². The monoisotopic (exact) mass is 423 g/mol. The number of aryl methyl sites for hydroxylation is 1. The van der Waals surface area contributed by atoms with Gasteiger partial charge in [-0.15, -0.1) is 0 Å². The Morgan fingerprint density at radius 2 is 1.63 bits per heavy atom. The molecule has 3 aromatic rings. The second-order valence-corrected chi connectivity index (χ2v) is 8.95. The lowest BCUT2D eigenvalue weighted by atomic mass is 10.1. The summed E-state index contributed by atoms with van der Waals surface area (Å²) in [6.07, 6.45) is 0. The first-order valence-corrected chi connectivity index (χ1v) is 10.6. The maximum atomic E-state index is 5.21. The molecule has 0 saturated carbocycles. The quantitative estimate of drug-likeness (QED) is 0.404. The maximum absolute atomic E-state index is 5.21. The van der Waals surface area contributed by atoms with Crippen molar-refractivity contribution in [2.75, 3.05) is 17.7 Å². The Bertz CT molecular complexity index is 999. The molecule has 0 bridgehead atoms. The summed E-state index contributed by atoms with van der Waals surface area (Å²) in [5, 5.41) is 6.71. The van der Waals surface area contributed by atoms with Crippen LogP contribution in [-0.4, -0.2) is 22.6 Å². The molecule has 7 heteroatoms. The zero-order valence-corrected chi connectivity index (χ0v) is 19.1. The number of nitrogens with zero attached hydrogens (tertiary/aromatic N) is 2. The Morgan fingerprint density at radius 3 is 2.30 bits per heavy atom. The van der Waals surface area contributed by atoms with Crippen molar-refractivity contribution in [3.8, 4) is 5.75 Å². The predicted octanol–water partition coefficient (Wildman–Crippen LogP) is 5.98. The lowest BCUT2D eigenvalue weighted by Crippen LogP contribution is -2.29. The normalized spacial score (nSPS) is 11.3. The third-order valence-electron chi connectivity index (χ3n) is 4.31. The molecule has 3 N–H and O–H groups in total. The summed E-state index contributed by atoms with van der Waals surface area (Å²) < 4.78 is 8.65. The number of hydrogen-bond donors (Lipinski definition) is 3. The number of nitrogens with one attached hydrogen (secondary N) is 3. The van der Waals surface area contributed by atoms with Crippen molar-refractivity contribution in [1.29, 1.82) is 0 Å². The number of anilines is 4. The fraction of sp³-hybridized carbons (Fsp3) is 0.304. The van der Waals surface area contributed by atoms with Gasteiger partial charge in [-0.2, -0.15) is 4.98 Å². The second kappa shape index (κ2) is 9.36. The zero-order valence-electron chi connectivity index (χ0n) is 18.3. The topological polar surface area (TPSA) is 71.1 Å². The molecule has 0 amide bonds. The van der Waals surface area contributed by atoms with E-state index in [0.717, 1.165) is 39.1 Å². The van der Waals surface area contributed by atoms with Crippen LogP contribution in [0.5, 0.6) is 5.75 Å². The van der Waals surface area contributed by atoms with Gasteiger partial charge in [0.15, 0.2) is 0 Å². The highest BCUT2D eigenvalue weighted by Gasteiger charge is 2.11. The highest BCUT2D eigenvalue weighted by atomic mass is 32.2. The van der Waals surface area contributed by atoms with E-state index >= 15 is 0 Å². The third-order valence-corrected chi connectivity index (χ3v) is 5.51. The molecule has 6 nitrogen and oxygen atoms in total. The highest BCUT2D eigenvalue weighted by molar-refractivity contribution is 7.97. The summed E-state index contributed by atoms with van der Waals surface area (Å²) in [5.41, 5.74) is 3.85. The molecule has 158 valence electrons. The SMILES string of the molecule is COc1ccc(Nc2nc(C)c(C)c(Nc3cccc(SNC(C)(C)C)c3)n2)cc1. The van der Waals surface area contributed by atoms with Gasteiger partial charge in [-0.1, -0.05) is 6.07 Å². The van der Waals surface area contributed by atoms with Gasteiger partial charge in [0.2, 0.25) is 5.95 Å². The lowest BCUT2D eigenvalue weighted by molar-refractivity contribution is 0.415. The van der Waals surface area contributed by atoms with Crippen LogP contribution in [0.15, 0.2) is 53.4 Å². The van der Waals surface area contributed by atoms with Gasteiger partial charge >= 0.3 is 0 Å². The van der Waals surface area contributed by atoms with Crippen molar-refractivity contribution >= 4 is 35.1 Å². The van der Waals surface area contributed by atoms with Crippen LogP contribution in [0.25, 0.3) is 0 Å². The van der Waals surface area contributed by atoms with Crippen LogP contribution >= 0.6 is 11.9 Å². The molecule has 0 aliphatic heterocycles. The molecule has 0 aliphatic rings. The van der Waals surface area contributed by atoms with Crippen LogP contribution in [0.4, 0.5) is 23.1 Å². The Hall–Kier alpha value is -2.77. The summed E-state index contributed by atoms with van der Waals surface area (Å²) in [4.78, 5) is 10.4. The lowest BCUT2D eigenvalue weighted by Gasteiger charge is -2.19. The van der Waals surface area contributed by atoms with E-state index in [2.05, 4.69) is 53.2 Å². The minimum absolute atomic E-state index is 0.0382. The first kappa shape index (κ1) is 21.9. The van der Waals surface area contributed by atoms with Crippen LogP contribution in [0.3, 0.4) is 0 Å². The molecule has 0 unspecified atom stereocenters. The average molecular weight is 424 g/mol. The van der Waals surface area contributed by atoms with Crippen LogP contribution in [-0.2, 0) is 0 Å². The molecular weight excluding hydrogens is 394 g/mol. The van der Waals surface area contributed by atoms with Crippen LogP contribution < -0.4 is 20.1 Å². The predicted molar refractivity (Wildman–Crippen MR) is 126 cm³/mol. The minimum atomic E-state index is 0.0382. The van der Waals surface area contributed by atoms with Crippen molar-refractivity contribution < 1.29 is 4.74 Å². The van der Waals surface area contributed by atoms with E-state index < -0.39 is 0 Å². The van der Waals surface area contributed by atoms with E-state index in [1.807, 2.05) is 50.2 Å². The van der Waals surface area contributed by atoms with Gasteiger partial charge in [-0.05, 0) is 89.0 Å². The van der Waals surface area contributed by atoms with E-state index in [1.54, 1.807) is 19.1 Å². The van der Waals surface area contributed by atoms with Crippen LogP contribution in [0.2, 0.25) is 0 Å². The minimum Gasteiger partial charge on any atom is -0.497 e. The van der Waals surface area contributed by atoms with Crippen LogP contribution in [0, 0.1) is 13.8 Å². The molecule has 0 spiro atoms. The second-order valence-electron chi connectivity index (χ2n) is 8.07. The summed E-state index contributed by atoms with van der Waals surface area (Å²) in [5.74, 6) is 2.14. The van der Waals surface area contributed by atoms with E-state index in [-0.39, 0.29) is 5.54 Å². The molecule has 0 radical (unpaired) electrons. The summed E-state index contributed by atoms with van der Waals surface area (Å²) >= 11 is 1.62. The molecule has 0 aliphatic carbocycles. The Morgan fingerprint density at radius 1 is 0.900 bits per heavy atom. The van der Waals surface area contributed by atoms with Gasteiger partial charge in [0.05, 0.1) is 7.11 Å². The Kier molecular flexibility index (Phi) is 6.84. The van der Waals surface area contributed by atoms with Crippen molar-refractivity contribution in [2.45, 2.75) is 45.1 Å². The Balaban J connectivity index is 1.78. The van der Waals surface area contributed by atoms with Gasteiger partial charge in [0, 0.05) is 33.1 Å². The molecule has 30 heavy (non-hydrogen) atoms. The molecule has 0 atom stereocenters. The van der Waals surface area contributed by atoms with Gasteiger partial charge in [0.25, 0.3) is 0 Å². The van der Waals surface area contributed by atoms with E-state index in [1.165, 1.54) is 0 Å². The smallest absolute Gasteiger partial charge is 0.229 e. The fourth-order valence-corrected chi connectivity index (χ4v) is 3.35. The van der Waals surface area contributed by atoms with E-state index in [0.29, 0.717) is 5.95 Å². The average Bonchev–Trinajstić information content (AvgIpc) is 2.70.